The van der Waals surface area contributed by atoms with Gasteiger partial charge in [-0.15, -0.1) is 0 Å². The minimum absolute atomic E-state index is 0.420. The zero-order valence-corrected chi connectivity index (χ0v) is 10.2. The van der Waals surface area contributed by atoms with Crippen molar-refractivity contribution in [2.75, 3.05) is 30.9 Å². The Hall–Kier alpha value is -1.23. The summed E-state index contributed by atoms with van der Waals surface area (Å²) in [5, 5.41) is 4.43. The zero-order valence-electron chi connectivity index (χ0n) is 10.2. The molecule has 0 saturated carbocycles. The van der Waals surface area contributed by atoms with Crippen molar-refractivity contribution in [2.24, 2.45) is 0 Å². The Morgan fingerprint density at radius 2 is 2.38 bits per heavy atom. The molecular formula is C11H20N4O. The topological polar surface area (TPSA) is 56.3 Å². The lowest BCUT2D eigenvalue weighted by atomic mass is 10.2. The van der Waals surface area contributed by atoms with Gasteiger partial charge < -0.3 is 15.4 Å². The van der Waals surface area contributed by atoms with Crippen molar-refractivity contribution < 1.29 is 4.74 Å². The van der Waals surface area contributed by atoms with Crippen LogP contribution in [0.1, 0.15) is 19.0 Å². The van der Waals surface area contributed by atoms with Crippen LogP contribution in [-0.2, 0) is 11.3 Å². The summed E-state index contributed by atoms with van der Waals surface area (Å²) < 4.78 is 7.37. The first-order chi connectivity index (χ1) is 7.65. The molecule has 0 aliphatic carbocycles. The van der Waals surface area contributed by atoms with Gasteiger partial charge in [-0.3, -0.25) is 0 Å². The van der Waals surface area contributed by atoms with Gasteiger partial charge in [0.1, 0.15) is 0 Å². The van der Waals surface area contributed by atoms with Gasteiger partial charge in [0.2, 0.25) is 0 Å². The van der Waals surface area contributed by atoms with Gasteiger partial charge in [-0.25, -0.2) is 4.68 Å². The Morgan fingerprint density at radius 1 is 1.62 bits per heavy atom. The summed E-state index contributed by atoms with van der Waals surface area (Å²) in [7, 11) is 2.07. The van der Waals surface area contributed by atoms with E-state index in [1.165, 1.54) is 0 Å². The van der Waals surface area contributed by atoms with Crippen molar-refractivity contribution in [1.29, 1.82) is 0 Å². The second-order valence-electron chi connectivity index (χ2n) is 4.27. The van der Waals surface area contributed by atoms with Gasteiger partial charge in [-0.1, -0.05) is 0 Å². The number of rotatable bonds is 3. The average molecular weight is 224 g/mol. The third-order valence-corrected chi connectivity index (χ3v) is 3.23. The lowest BCUT2D eigenvalue weighted by Gasteiger charge is -2.26. The standard InChI is InChI=1S/C11H20N4O/c1-4-15-11(10(12)8(2)13-15)14(3)9-5-6-16-7-9/h9H,4-7,12H2,1-3H3. The molecule has 0 bridgehead atoms. The molecule has 0 spiro atoms. The first kappa shape index (κ1) is 11.3. The van der Waals surface area contributed by atoms with Crippen LogP contribution in [0.25, 0.3) is 0 Å². The van der Waals surface area contributed by atoms with E-state index in [9.17, 15) is 0 Å². The normalized spacial score (nSPS) is 20.3. The molecule has 0 aromatic carbocycles. The SMILES string of the molecule is CCn1nc(C)c(N)c1N(C)C1CCOC1. The van der Waals surface area contributed by atoms with Gasteiger partial charge in [0.15, 0.2) is 5.82 Å². The van der Waals surface area contributed by atoms with E-state index in [1.54, 1.807) is 0 Å². The van der Waals surface area contributed by atoms with Gasteiger partial charge in [-0.2, -0.15) is 5.10 Å². The number of likely N-dealkylation sites (N-methyl/N-ethyl adjacent to an activating group) is 1. The summed E-state index contributed by atoms with van der Waals surface area (Å²) in [6.45, 7) is 6.49. The molecular weight excluding hydrogens is 204 g/mol. The number of nitrogens with two attached hydrogens (primary N) is 1. The summed E-state index contributed by atoms with van der Waals surface area (Å²) in [6, 6.07) is 0.420. The summed E-state index contributed by atoms with van der Waals surface area (Å²) >= 11 is 0. The summed E-state index contributed by atoms with van der Waals surface area (Å²) in [6.07, 6.45) is 1.06. The molecule has 5 heteroatoms. The molecule has 2 N–H and O–H groups in total. The van der Waals surface area contributed by atoms with Crippen LogP contribution in [-0.4, -0.2) is 36.1 Å². The lowest BCUT2D eigenvalue weighted by Crippen LogP contribution is -2.34. The second-order valence-corrected chi connectivity index (χ2v) is 4.27. The molecule has 1 aliphatic rings. The lowest BCUT2D eigenvalue weighted by molar-refractivity contribution is 0.193. The zero-order chi connectivity index (χ0) is 11.7. The fourth-order valence-corrected chi connectivity index (χ4v) is 2.18. The fourth-order valence-electron chi connectivity index (χ4n) is 2.18. The number of nitrogen functional groups attached to an aromatic ring is 1. The van der Waals surface area contributed by atoms with Crippen LogP contribution in [0.4, 0.5) is 11.5 Å². The number of aromatic nitrogens is 2. The summed E-state index contributed by atoms with van der Waals surface area (Å²) in [4.78, 5) is 2.20. The van der Waals surface area contributed by atoms with Crippen LogP contribution in [0.3, 0.4) is 0 Å². The third-order valence-electron chi connectivity index (χ3n) is 3.23. The Kier molecular flexibility index (Phi) is 3.05. The Morgan fingerprint density at radius 3 is 2.94 bits per heavy atom. The van der Waals surface area contributed by atoms with Gasteiger partial charge in [0.05, 0.1) is 24.0 Å². The van der Waals surface area contributed by atoms with Crippen LogP contribution < -0.4 is 10.6 Å². The van der Waals surface area contributed by atoms with Gasteiger partial charge in [0.25, 0.3) is 0 Å². The molecule has 1 aromatic rings. The number of aryl methyl sites for hydroxylation is 2. The molecule has 1 atom stereocenters. The smallest absolute Gasteiger partial charge is 0.150 e. The van der Waals surface area contributed by atoms with E-state index in [1.807, 2.05) is 11.6 Å². The monoisotopic (exact) mass is 224 g/mol. The molecule has 1 aromatic heterocycles. The van der Waals surface area contributed by atoms with Crippen LogP contribution >= 0.6 is 0 Å². The van der Waals surface area contributed by atoms with Crippen LogP contribution in [0, 0.1) is 6.92 Å². The summed E-state index contributed by atoms with van der Waals surface area (Å²) in [5.41, 5.74) is 7.78. The van der Waals surface area contributed by atoms with E-state index in [0.717, 1.165) is 43.4 Å². The molecule has 2 rings (SSSR count). The average Bonchev–Trinajstić information content (AvgIpc) is 2.88. The first-order valence-corrected chi connectivity index (χ1v) is 5.78. The van der Waals surface area contributed by atoms with E-state index in [-0.39, 0.29) is 0 Å². The van der Waals surface area contributed by atoms with Gasteiger partial charge >= 0.3 is 0 Å². The van der Waals surface area contributed by atoms with Crippen LogP contribution in [0.2, 0.25) is 0 Å². The highest BCUT2D eigenvalue weighted by Gasteiger charge is 2.25. The summed E-state index contributed by atoms with van der Waals surface area (Å²) in [5.74, 6) is 1.02. The highest BCUT2D eigenvalue weighted by atomic mass is 16.5. The van der Waals surface area contributed by atoms with E-state index in [2.05, 4.69) is 24.0 Å². The van der Waals surface area contributed by atoms with E-state index in [4.69, 9.17) is 10.5 Å². The Balaban J connectivity index is 2.30. The molecule has 0 amide bonds. The van der Waals surface area contributed by atoms with Crippen molar-refractivity contribution in [1.82, 2.24) is 9.78 Å². The van der Waals surface area contributed by atoms with E-state index in [0.29, 0.717) is 6.04 Å². The molecule has 16 heavy (non-hydrogen) atoms. The third kappa shape index (κ3) is 1.75. The number of anilines is 2. The molecule has 5 nitrogen and oxygen atoms in total. The number of nitrogens with zero attached hydrogens (tertiary/aromatic N) is 3. The van der Waals surface area contributed by atoms with Gasteiger partial charge in [-0.05, 0) is 20.3 Å². The quantitative estimate of drug-likeness (QED) is 0.832. The van der Waals surface area contributed by atoms with Crippen LogP contribution in [0.5, 0.6) is 0 Å². The number of ether oxygens (including phenoxy) is 1. The highest BCUT2D eigenvalue weighted by molar-refractivity contribution is 5.66. The molecule has 90 valence electrons. The predicted molar refractivity (Wildman–Crippen MR) is 64.7 cm³/mol. The maximum atomic E-state index is 6.08. The first-order valence-electron chi connectivity index (χ1n) is 5.78. The largest absolute Gasteiger partial charge is 0.394 e. The highest BCUT2D eigenvalue weighted by Crippen LogP contribution is 2.28. The molecule has 1 aliphatic heterocycles. The molecule has 1 unspecified atom stereocenters. The maximum absolute atomic E-state index is 6.08. The Labute approximate surface area is 96.2 Å². The van der Waals surface area contributed by atoms with Crippen molar-refractivity contribution in [3.63, 3.8) is 0 Å². The van der Waals surface area contributed by atoms with E-state index >= 15 is 0 Å². The van der Waals surface area contributed by atoms with Crippen molar-refractivity contribution in [3.05, 3.63) is 5.69 Å². The van der Waals surface area contributed by atoms with E-state index < -0.39 is 0 Å². The van der Waals surface area contributed by atoms with Crippen molar-refractivity contribution in [3.8, 4) is 0 Å². The van der Waals surface area contributed by atoms with Crippen LogP contribution in [0.15, 0.2) is 0 Å². The Bertz CT molecular complexity index is 368. The number of hydrogen-bond donors (Lipinski definition) is 1. The molecule has 0 radical (unpaired) electrons. The molecule has 1 fully saturated rings. The number of hydrogen-bond acceptors (Lipinski definition) is 4. The van der Waals surface area contributed by atoms with Crippen molar-refractivity contribution in [2.45, 2.75) is 32.9 Å². The molecule has 2 heterocycles. The minimum atomic E-state index is 0.420. The predicted octanol–water partition coefficient (Wildman–Crippen LogP) is 1.02. The second kappa shape index (κ2) is 4.33. The minimum Gasteiger partial charge on any atom is -0.394 e. The maximum Gasteiger partial charge on any atom is 0.150 e. The van der Waals surface area contributed by atoms with Gasteiger partial charge in [0, 0.05) is 20.2 Å². The molecule has 1 saturated heterocycles. The fraction of sp³-hybridized carbons (Fsp3) is 0.727. The van der Waals surface area contributed by atoms with Crippen molar-refractivity contribution >= 4 is 11.5 Å².